The minimum atomic E-state index is -2.62. The van der Waals surface area contributed by atoms with Crippen LogP contribution in [0.15, 0.2) is 24.5 Å². The Hall–Kier alpha value is -2.35. The van der Waals surface area contributed by atoms with Crippen molar-refractivity contribution in [2.75, 3.05) is 18.0 Å². The number of amides is 1. The number of hydrogen-bond acceptors (Lipinski definition) is 5. The number of fused-ring (bicyclic) bond motifs is 1. The van der Waals surface area contributed by atoms with Crippen LogP contribution in [0.25, 0.3) is 11.0 Å². The molecule has 0 radical (unpaired) electrons. The molecule has 3 atom stereocenters. The van der Waals surface area contributed by atoms with Gasteiger partial charge in [0.15, 0.2) is 0 Å². The van der Waals surface area contributed by atoms with Gasteiger partial charge < -0.3 is 15.3 Å². The molecule has 1 fully saturated rings. The Morgan fingerprint density at radius 1 is 1.27 bits per heavy atom. The second-order valence-corrected chi connectivity index (χ2v) is 6.86. The van der Waals surface area contributed by atoms with E-state index in [1.165, 1.54) is 25.4 Å². The van der Waals surface area contributed by atoms with Crippen LogP contribution in [0.1, 0.15) is 32.3 Å². The number of halogens is 2. The smallest absolute Gasteiger partial charge is 0.266 e. The predicted octanol–water partition coefficient (Wildman–Crippen LogP) is 2.28. The van der Waals surface area contributed by atoms with E-state index in [4.69, 9.17) is 0 Å². The summed E-state index contributed by atoms with van der Waals surface area (Å²) in [5, 5.41) is 12.2. The lowest BCUT2D eigenvalue weighted by Gasteiger charge is -2.38. The summed E-state index contributed by atoms with van der Waals surface area (Å²) in [4.78, 5) is 22.2. The molecule has 2 N–H and O–H groups in total. The molecular formula is C18H22F2N4O2. The highest BCUT2D eigenvalue weighted by Gasteiger charge is 2.29. The van der Waals surface area contributed by atoms with Gasteiger partial charge in [0.2, 0.25) is 5.91 Å². The van der Waals surface area contributed by atoms with E-state index >= 15 is 0 Å². The molecule has 0 aliphatic carbocycles. The van der Waals surface area contributed by atoms with Crippen LogP contribution in [-0.2, 0) is 4.79 Å². The number of piperidine rings is 1. The SMILES string of the molecule is CC(O)C(=O)N[C@@H]1C[C@@H](C)CN(c2ccc(C(F)F)c3nccnc23)C1. The van der Waals surface area contributed by atoms with Crippen molar-refractivity contribution in [1.82, 2.24) is 15.3 Å². The van der Waals surface area contributed by atoms with E-state index in [9.17, 15) is 18.7 Å². The highest BCUT2D eigenvalue weighted by atomic mass is 19.3. The summed E-state index contributed by atoms with van der Waals surface area (Å²) in [6, 6.07) is 2.89. The van der Waals surface area contributed by atoms with Crippen LogP contribution < -0.4 is 10.2 Å². The normalized spacial score (nSPS) is 21.8. The van der Waals surface area contributed by atoms with Gasteiger partial charge in [-0.05, 0) is 31.4 Å². The first-order valence-corrected chi connectivity index (χ1v) is 8.62. The lowest BCUT2D eigenvalue weighted by Crippen LogP contribution is -2.52. The third kappa shape index (κ3) is 3.75. The van der Waals surface area contributed by atoms with Crippen LogP contribution in [0.2, 0.25) is 0 Å². The Morgan fingerprint density at radius 2 is 1.96 bits per heavy atom. The molecule has 26 heavy (non-hydrogen) atoms. The van der Waals surface area contributed by atoms with Gasteiger partial charge in [0.1, 0.15) is 11.6 Å². The monoisotopic (exact) mass is 364 g/mol. The number of aromatic nitrogens is 2. The van der Waals surface area contributed by atoms with Crippen LogP contribution >= 0.6 is 0 Å². The average molecular weight is 364 g/mol. The van der Waals surface area contributed by atoms with Crippen molar-refractivity contribution >= 4 is 22.6 Å². The molecule has 1 aromatic heterocycles. The van der Waals surface area contributed by atoms with Crippen molar-refractivity contribution in [3.63, 3.8) is 0 Å². The fourth-order valence-electron chi connectivity index (χ4n) is 3.47. The van der Waals surface area contributed by atoms with Crippen molar-refractivity contribution in [3.8, 4) is 0 Å². The van der Waals surface area contributed by atoms with Gasteiger partial charge in [-0.3, -0.25) is 14.8 Å². The molecule has 0 spiro atoms. The molecule has 6 nitrogen and oxygen atoms in total. The number of anilines is 1. The molecule has 2 aromatic rings. The highest BCUT2D eigenvalue weighted by molar-refractivity contribution is 5.90. The number of rotatable bonds is 4. The summed E-state index contributed by atoms with van der Waals surface area (Å²) in [6.45, 7) is 4.73. The van der Waals surface area contributed by atoms with Crippen molar-refractivity contribution < 1.29 is 18.7 Å². The zero-order valence-corrected chi connectivity index (χ0v) is 14.7. The molecule has 1 aliphatic heterocycles. The van der Waals surface area contributed by atoms with Gasteiger partial charge in [-0.15, -0.1) is 0 Å². The summed E-state index contributed by atoms with van der Waals surface area (Å²) in [6.07, 6.45) is -0.0172. The van der Waals surface area contributed by atoms with Crippen LogP contribution in [0, 0.1) is 5.92 Å². The molecule has 3 rings (SSSR count). The maximum Gasteiger partial charge on any atom is 0.266 e. The second-order valence-electron chi connectivity index (χ2n) is 6.86. The molecule has 1 aromatic carbocycles. The number of nitrogens with zero attached hydrogens (tertiary/aromatic N) is 3. The number of nitrogens with one attached hydrogen (secondary N) is 1. The number of benzene rings is 1. The van der Waals surface area contributed by atoms with Gasteiger partial charge in [0, 0.05) is 37.1 Å². The highest BCUT2D eigenvalue weighted by Crippen LogP contribution is 2.33. The molecule has 0 bridgehead atoms. The lowest BCUT2D eigenvalue weighted by molar-refractivity contribution is -0.129. The van der Waals surface area contributed by atoms with Gasteiger partial charge in [0.25, 0.3) is 6.43 Å². The summed E-state index contributed by atoms with van der Waals surface area (Å²) >= 11 is 0. The number of aliphatic hydroxyl groups excluding tert-OH is 1. The first kappa shape index (κ1) is 18.4. The zero-order chi connectivity index (χ0) is 18.8. The molecular weight excluding hydrogens is 342 g/mol. The van der Waals surface area contributed by atoms with Gasteiger partial charge in [0.05, 0.1) is 11.2 Å². The van der Waals surface area contributed by atoms with E-state index in [0.29, 0.717) is 12.1 Å². The molecule has 1 aliphatic rings. The maximum absolute atomic E-state index is 13.3. The van der Waals surface area contributed by atoms with Gasteiger partial charge in [-0.1, -0.05) is 6.92 Å². The van der Waals surface area contributed by atoms with E-state index in [2.05, 4.69) is 22.2 Å². The van der Waals surface area contributed by atoms with E-state index in [1.807, 2.05) is 4.90 Å². The van der Waals surface area contributed by atoms with Crippen LogP contribution in [0.5, 0.6) is 0 Å². The number of carbonyl (C=O) groups excluding carboxylic acids is 1. The fraction of sp³-hybridized carbons (Fsp3) is 0.500. The number of alkyl halides is 2. The maximum atomic E-state index is 13.3. The minimum Gasteiger partial charge on any atom is -0.384 e. The largest absolute Gasteiger partial charge is 0.384 e. The van der Waals surface area contributed by atoms with E-state index in [0.717, 1.165) is 18.7 Å². The van der Waals surface area contributed by atoms with Gasteiger partial charge in [-0.25, -0.2) is 8.78 Å². The fourth-order valence-corrected chi connectivity index (χ4v) is 3.47. The van der Waals surface area contributed by atoms with E-state index in [-0.39, 0.29) is 23.0 Å². The summed E-state index contributed by atoms with van der Waals surface area (Å²) in [5.74, 6) is -0.133. The zero-order valence-electron chi connectivity index (χ0n) is 14.7. The number of aliphatic hydroxyl groups is 1. The summed E-state index contributed by atoms with van der Waals surface area (Å²) < 4.78 is 26.5. The molecule has 2 heterocycles. The molecule has 1 unspecified atom stereocenters. The first-order chi connectivity index (χ1) is 12.4. The molecule has 0 saturated carbocycles. The standard InChI is InChI=1S/C18H22F2N4O2/c1-10-7-12(23-18(26)11(2)25)9-24(8-10)14-4-3-13(17(19)20)15-16(14)22-6-5-21-15/h3-6,10-12,17,25H,7-9H2,1-2H3,(H,23,26)/t10-,11?,12-/m1/s1. The topological polar surface area (TPSA) is 78.4 Å². The third-order valence-corrected chi connectivity index (χ3v) is 4.60. The van der Waals surface area contributed by atoms with Crippen molar-refractivity contribution in [2.45, 2.75) is 38.8 Å². The first-order valence-electron chi connectivity index (χ1n) is 8.62. The summed E-state index contributed by atoms with van der Waals surface area (Å²) in [5.41, 5.74) is 1.21. The molecule has 1 saturated heterocycles. The van der Waals surface area contributed by atoms with Crippen LogP contribution in [0.3, 0.4) is 0 Å². The molecule has 1 amide bonds. The van der Waals surface area contributed by atoms with Crippen LogP contribution in [0.4, 0.5) is 14.5 Å². The van der Waals surface area contributed by atoms with Crippen molar-refractivity contribution in [2.24, 2.45) is 5.92 Å². The second kappa shape index (κ2) is 7.49. The van der Waals surface area contributed by atoms with Gasteiger partial charge in [-0.2, -0.15) is 0 Å². The Labute approximate surface area is 150 Å². The van der Waals surface area contributed by atoms with E-state index in [1.54, 1.807) is 6.07 Å². The Bertz CT molecular complexity index is 800. The Morgan fingerprint density at radius 3 is 2.62 bits per heavy atom. The van der Waals surface area contributed by atoms with Crippen LogP contribution in [-0.4, -0.2) is 46.2 Å². The quantitative estimate of drug-likeness (QED) is 0.870. The van der Waals surface area contributed by atoms with Crippen molar-refractivity contribution in [3.05, 3.63) is 30.1 Å². The van der Waals surface area contributed by atoms with Gasteiger partial charge >= 0.3 is 0 Å². The summed E-state index contributed by atoms with van der Waals surface area (Å²) in [7, 11) is 0. The molecule has 8 heteroatoms. The minimum absolute atomic E-state index is 0.137. The lowest BCUT2D eigenvalue weighted by atomic mass is 9.94. The number of hydrogen-bond donors (Lipinski definition) is 2. The third-order valence-electron chi connectivity index (χ3n) is 4.60. The average Bonchev–Trinajstić information content (AvgIpc) is 2.59. The Balaban J connectivity index is 1.93. The Kier molecular flexibility index (Phi) is 5.31. The molecule has 140 valence electrons. The predicted molar refractivity (Wildman–Crippen MR) is 94.1 cm³/mol. The van der Waals surface area contributed by atoms with Crippen molar-refractivity contribution in [1.29, 1.82) is 0 Å². The number of carbonyl (C=O) groups is 1. The van der Waals surface area contributed by atoms with E-state index < -0.39 is 18.4 Å².